The molecule has 2 heterocycles. The molecule has 16 heavy (non-hydrogen) atoms. The van der Waals surface area contributed by atoms with Crippen molar-refractivity contribution in [1.82, 2.24) is 9.89 Å². The Kier molecular flexibility index (Phi) is 3.66. The summed E-state index contributed by atoms with van der Waals surface area (Å²) in [4.78, 5) is 19.4. The summed E-state index contributed by atoms with van der Waals surface area (Å²) in [5.41, 5.74) is 1.04. The van der Waals surface area contributed by atoms with Crippen LogP contribution in [-0.4, -0.2) is 42.2 Å². The van der Waals surface area contributed by atoms with Crippen LogP contribution in [0.5, 0.6) is 0 Å². The molecule has 0 N–H and O–H groups in total. The number of hydrogen-bond acceptors (Lipinski definition) is 4. The van der Waals surface area contributed by atoms with E-state index in [1.807, 2.05) is 18.7 Å². The molecule has 0 saturated carbocycles. The fraction of sp³-hybridized carbons (Fsp3) is 0.636. The van der Waals surface area contributed by atoms with Crippen molar-refractivity contribution in [3.63, 3.8) is 0 Å². The second-order valence-corrected chi connectivity index (χ2v) is 5.21. The van der Waals surface area contributed by atoms with Crippen molar-refractivity contribution in [2.24, 2.45) is 0 Å². The highest BCUT2D eigenvalue weighted by molar-refractivity contribution is 8.17. The zero-order valence-corrected chi connectivity index (χ0v) is 10.5. The van der Waals surface area contributed by atoms with Crippen molar-refractivity contribution in [2.45, 2.75) is 20.3 Å². The lowest BCUT2D eigenvalue weighted by atomic mass is 10.3. The van der Waals surface area contributed by atoms with Crippen molar-refractivity contribution in [2.75, 3.05) is 26.3 Å². The predicted octanol–water partition coefficient (Wildman–Crippen LogP) is 0.968. The lowest BCUT2D eigenvalue weighted by molar-refractivity contribution is -0.133. The number of aliphatic imine (C=N–C) groups is 1. The highest BCUT2D eigenvalue weighted by atomic mass is 32.2. The van der Waals surface area contributed by atoms with E-state index in [0.717, 1.165) is 10.7 Å². The summed E-state index contributed by atoms with van der Waals surface area (Å²) in [6.07, 6.45) is 0.430. The Balaban J connectivity index is 1.86. The first kappa shape index (κ1) is 11.7. The molecule has 0 aromatic carbocycles. The first-order valence-electron chi connectivity index (χ1n) is 5.45. The Morgan fingerprint density at radius 3 is 2.69 bits per heavy atom. The smallest absolute Gasteiger partial charge is 0.301 e. The van der Waals surface area contributed by atoms with Gasteiger partial charge in [0.25, 0.3) is 5.70 Å². The van der Waals surface area contributed by atoms with Crippen molar-refractivity contribution in [3.8, 4) is 0 Å². The quantitative estimate of drug-likeness (QED) is 0.722. The molecule has 0 aromatic rings. The number of rotatable bonds is 2. The van der Waals surface area contributed by atoms with Gasteiger partial charge in [-0.3, -0.25) is 4.79 Å². The van der Waals surface area contributed by atoms with E-state index in [1.54, 1.807) is 11.8 Å². The van der Waals surface area contributed by atoms with Gasteiger partial charge < -0.3 is 9.64 Å². The molecule has 0 aliphatic carbocycles. The third-order valence-corrected chi connectivity index (χ3v) is 3.81. The Labute approximate surface area is 99.7 Å². The Morgan fingerprint density at radius 1 is 1.44 bits per heavy atom. The molecule has 2 aliphatic rings. The van der Waals surface area contributed by atoms with E-state index in [4.69, 9.17) is 4.74 Å². The fourth-order valence-electron chi connectivity index (χ4n) is 1.67. The molecular formula is C11H16N2O2S+. The second kappa shape index (κ2) is 5.01. The third-order valence-electron chi connectivity index (χ3n) is 2.74. The van der Waals surface area contributed by atoms with Crippen molar-refractivity contribution < 1.29 is 9.53 Å². The zero-order chi connectivity index (χ0) is 11.5. The molecular weight excluding hydrogens is 224 g/mol. The van der Waals surface area contributed by atoms with Gasteiger partial charge in [0, 0.05) is 20.0 Å². The van der Waals surface area contributed by atoms with E-state index in [1.165, 1.54) is 4.91 Å². The summed E-state index contributed by atoms with van der Waals surface area (Å²) in [5.74, 6) is 0.164. The van der Waals surface area contributed by atoms with Crippen LogP contribution < -0.4 is 4.99 Å². The van der Waals surface area contributed by atoms with Gasteiger partial charge >= 0.3 is 5.04 Å². The summed E-state index contributed by atoms with van der Waals surface area (Å²) in [6, 6.07) is 0. The molecule has 2 rings (SSSR count). The minimum Gasteiger partial charge on any atom is -0.378 e. The molecule has 0 unspecified atom stereocenters. The Bertz CT molecular complexity index is 357. The molecule has 5 heteroatoms. The van der Waals surface area contributed by atoms with E-state index in [9.17, 15) is 4.79 Å². The first-order chi connectivity index (χ1) is 7.66. The number of allylic oxidation sites excluding steroid dienone is 2. The molecule has 1 amide bonds. The molecule has 0 spiro atoms. The summed E-state index contributed by atoms with van der Waals surface area (Å²) < 4.78 is 5.22. The molecule has 0 bridgehead atoms. The van der Waals surface area contributed by atoms with Gasteiger partial charge in [0.05, 0.1) is 23.1 Å². The number of thioether (sulfide) groups is 1. The Morgan fingerprint density at radius 2 is 2.12 bits per heavy atom. The largest absolute Gasteiger partial charge is 0.378 e. The molecule has 1 saturated heterocycles. The number of amides is 1. The fourth-order valence-corrected chi connectivity index (χ4v) is 2.59. The van der Waals surface area contributed by atoms with Gasteiger partial charge in [-0.2, -0.15) is 0 Å². The van der Waals surface area contributed by atoms with Crippen LogP contribution in [0.3, 0.4) is 0 Å². The highest BCUT2D eigenvalue weighted by Crippen LogP contribution is 2.26. The van der Waals surface area contributed by atoms with E-state index < -0.39 is 0 Å². The van der Waals surface area contributed by atoms with Gasteiger partial charge in [0.2, 0.25) is 5.91 Å². The summed E-state index contributed by atoms with van der Waals surface area (Å²) in [5, 5.41) is 0.923. The van der Waals surface area contributed by atoms with Crippen molar-refractivity contribution in [1.29, 1.82) is 0 Å². The van der Waals surface area contributed by atoms with Crippen LogP contribution in [0.4, 0.5) is 0 Å². The van der Waals surface area contributed by atoms with Crippen LogP contribution >= 0.6 is 11.8 Å². The van der Waals surface area contributed by atoms with Crippen LogP contribution in [0.15, 0.2) is 10.6 Å². The monoisotopic (exact) mass is 240 g/mol. The maximum Gasteiger partial charge on any atom is 0.301 e. The van der Waals surface area contributed by atoms with Crippen molar-refractivity contribution in [3.05, 3.63) is 10.6 Å². The summed E-state index contributed by atoms with van der Waals surface area (Å²) in [6.45, 7) is 6.75. The summed E-state index contributed by atoms with van der Waals surface area (Å²) >= 11 is 1.62. The SMILES string of the molecule is CC1=C(C)SC(CC(=O)N2CCOCC2)=[N+]1. The van der Waals surface area contributed by atoms with Gasteiger partial charge in [0.15, 0.2) is 0 Å². The predicted molar refractivity (Wildman–Crippen MR) is 65.1 cm³/mol. The Hall–Kier alpha value is -0.810. The highest BCUT2D eigenvalue weighted by Gasteiger charge is 2.30. The topological polar surface area (TPSA) is 43.6 Å². The van der Waals surface area contributed by atoms with E-state index in [-0.39, 0.29) is 5.91 Å². The van der Waals surface area contributed by atoms with Crippen LogP contribution in [0.2, 0.25) is 0 Å². The van der Waals surface area contributed by atoms with E-state index in [0.29, 0.717) is 32.7 Å². The van der Waals surface area contributed by atoms with Crippen LogP contribution in [0, 0.1) is 0 Å². The van der Waals surface area contributed by atoms with Gasteiger partial charge in [-0.15, -0.1) is 0 Å². The van der Waals surface area contributed by atoms with Gasteiger partial charge in [-0.05, 0) is 18.7 Å². The number of morpholine rings is 1. The molecule has 2 aliphatic heterocycles. The van der Waals surface area contributed by atoms with Crippen LogP contribution in [0.25, 0.3) is 0 Å². The lowest BCUT2D eigenvalue weighted by Crippen LogP contribution is -2.41. The van der Waals surface area contributed by atoms with Gasteiger partial charge in [0.1, 0.15) is 6.42 Å². The van der Waals surface area contributed by atoms with Crippen LogP contribution in [0.1, 0.15) is 20.3 Å². The third kappa shape index (κ3) is 2.65. The minimum atomic E-state index is 0.164. The molecule has 1 radical (unpaired) electrons. The molecule has 0 aromatic heterocycles. The molecule has 0 atom stereocenters. The molecule has 87 valence electrons. The van der Waals surface area contributed by atoms with Crippen molar-refractivity contribution >= 4 is 22.7 Å². The molecule has 1 fully saturated rings. The van der Waals surface area contributed by atoms with Gasteiger partial charge in [-0.25, -0.2) is 0 Å². The maximum absolute atomic E-state index is 11.9. The maximum atomic E-state index is 11.9. The standard InChI is InChI=1S/C11H16N2O2S/c1-8-9(2)16-10(12-8)7-11(14)13-3-5-15-6-4-13/h3-7H2,1-2H3/q+1. The normalized spacial score (nSPS) is 21.4. The first-order valence-corrected chi connectivity index (χ1v) is 6.27. The van der Waals surface area contributed by atoms with Crippen LogP contribution in [-0.2, 0) is 9.53 Å². The van der Waals surface area contributed by atoms with E-state index in [2.05, 4.69) is 4.99 Å². The second-order valence-electron chi connectivity index (χ2n) is 3.92. The lowest BCUT2D eigenvalue weighted by Gasteiger charge is -2.26. The average molecular weight is 240 g/mol. The summed E-state index contributed by atoms with van der Waals surface area (Å²) in [7, 11) is 0. The number of ether oxygens (including phenoxy) is 1. The number of carbonyl (C=O) groups is 1. The minimum absolute atomic E-state index is 0.164. The zero-order valence-electron chi connectivity index (χ0n) is 9.65. The van der Waals surface area contributed by atoms with E-state index >= 15 is 0 Å². The number of nitrogens with zero attached hydrogens (tertiary/aromatic N) is 2. The average Bonchev–Trinajstić information content (AvgIpc) is 2.59. The molecule has 4 nitrogen and oxygen atoms in total. The van der Waals surface area contributed by atoms with Gasteiger partial charge in [-0.1, -0.05) is 0 Å². The number of hydrogen-bond donors (Lipinski definition) is 0. The number of carbonyl (C=O) groups excluding carboxylic acids is 1.